The van der Waals surface area contributed by atoms with Crippen molar-refractivity contribution in [3.63, 3.8) is 0 Å². The molecular formula is C17H18ClNO2S. The third kappa shape index (κ3) is 5.28. The minimum atomic E-state index is -0.747. The van der Waals surface area contributed by atoms with Crippen molar-refractivity contribution in [1.82, 2.24) is 0 Å². The second-order valence-corrected chi connectivity index (χ2v) is 6.55. The number of carboxylic acids is 1. The van der Waals surface area contributed by atoms with Gasteiger partial charge >= 0.3 is 5.97 Å². The van der Waals surface area contributed by atoms with Crippen molar-refractivity contribution in [2.24, 2.45) is 0 Å². The number of carboxylic acid groups (broad SMARTS) is 1. The highest BCUT2D eigenvalue weighted by Gasteiger charge is 2.04. The number of carbonyl (C=O) groups is 1. The van der Waals surface area contributed by atoms with Crippen molar-refractivity contribution in [2.45, 2.75) is 22.6 Å². The van der Waals surface area contributed by atoms with Gasteiger partial charge in [-0.25, -0.2) is 0 Å². The first kappa shape index (κ1) is 16.7. The summed E-state index contributed by atoms with van der Waals surface area (Å²) in [5, 5.41) is 9.40. The van der Waals surface area contributed by atoms with E-state index in [1.807, 2.05) is 31.3 Å². The Morgan fingerprint density at radius 1 is 1.09 bits per heavy atom. The van der Waals surface area contributed by atoms with Gasteiger partial charge in [0, 0.05) is 40.5 Å². The van der Waals surface area contributed by atoms with Gasteiger partial charge in [-0.15, -0.1) is 0 Å². The van der Waals surface area contributed by atoms with Crippen LogP contribution in [0.3, 0.4) is 0 Å². The molecule has 0 saturated carbocycles. The van der Waals surface area contributed by atoms with Gasteiger partial charge < -0.3 is 10.0 Å². The number of hydrogen-bond donors (Lipinski definition) is 1. The Morgan fingerprint density at radius 3 is 2.18 bits per heavy atom. The van der Waals surface area contributed by atoms with Crippen LogP contribution in [0.2, 0.25) is 5.02 Å². The highest BCUT2D eigenvalue weighted by Crippen LogP contribution is 2.29. The predicted molar refractivity (Wildman–Crippen MR) is 92.2 cm³/mol. The second-order valence-electron chi connectivity index (χ2n) is 4.97. The first-order valence-electron chi connectivity index (χ1n) is 7.01. The van der Waals surface area contributed by atoms with Gasteiger partial charge in [0.05, 0.1) is 0 Å². The maximum Gasteiger partial charge on any atom is 0.303 e. The second kappa shape index (κ2) is 8.11. The number of nitrogens with zero attached hydrogens (tertiary/aromatic N) is 1. The van der Waals surface area contributed by atoms with E-state index in [1.165, 1.54) is 0 Å². The Hall–Kier alpha value is -1.65. The van der Waals surface area contributed by atoms with Gasteiger partial charge in [0.1, 0.15) is 0 Å². The molecule has 0 heterocycles. The van der Waals surface area contributed by atoms with Gasteiger partial charge in [-0.2, -0.15) is 0 Å². The molecule has 2 aromatic rings. The maximum atomic E-state index is 10.5. The zero-order chi connectivity index (χ0) is 15.9. The summed E-state index contributed by atoms with van der Waals surface area (Å²) in [4.78, 5) is 14.9. The lowest BCUT2D eigenvalue weighted by molar-refractivity contribution is -0.137. The van der Waals surface area contributed by atoms with E-state index in [0.717, 1.165) is 27.0 Å². The van der Waals surface area contributed by atoms with Gasteiger partial charge in [0.25, 0.3) is 0 Å². The predicted octanol–water partition coefficient (Wildman–Crippen LogP) is 4.79. The molecule has 0 atom stereocenters. The molecule has 0 amide bonds. The van der Waals surface area contributed by atoms with Crippen molar-refractivity contribution < 1.29 is 9.90 Å². The van der Waals surface area contributed by atoms with Crippen LogP contribution in [0.1, 0.15) is 12.8 Å². The van der Waals surface area contributed by atoms with Crippen LogP contribution in [0.5, 0.6) is 0 Å². The van der Waals surface area contributed by atoms with Gasteiger partial charge in [0.15, 0.2) is 0 Å². The molecule has 1 N–H and O–H groups in total. The molecule has 0 fully saturated rings. The zero-order valence-electron chi connectivity index (χ0n) is 12.3. The van der Waals surface area contributed by atoms with Crippen molar-refractivity contribution in [3.8, 4) is 0 Å². The third-order valence-corrected chi connectivity index (χ3v) is 4.48. The quantitative estimate of drug-likeness (QED) is 0.789. The Kier molecular flexibility index (Phi) is 6.16. The molecule has 2 rings (SSSR count). The Labute approximate surface area is 139 Å². The van der Waals surface area contributed by atoms with Crippen LogP contribution < -0.4 is 4.90 Å². The Balaban J connectivity index is 1.92. The number of benzene rings is 2. The standard InChI is InChI=1S/C17H18ClNO2S/c1-19(12-2-3-17(20)21)14-6-10-16(11-7-14)22-15-8-4-13(18)5-9-15/h4-11H,2-3,12H2,1H3,(H,20,21). The lowest BCUT2D eigenvalue weighted by Crippen LogP contribution is -2.19. The first-order chi connectivity index (χ1) is 10.5. The molecule has 0 unspecified atom stereocenters. The molecule has 116 valence electrons. The Bertz CT molecular complexity index is 614. The van der Waals surface area contributed by atoms with E-state index < -0.39 is 5.97 Å². The average Bonchev–Trinajstić information content (AvgIpc) is 2.50. The summed E-state index contributed by atoms with van der Waals surface area (Å²) < 4.78 is 0. The lowest BCUT2D eigenvalue weighted by atomic mass is 10.2. The van der Waals surface area contributed by atoms with Crippen molar-refractivity contribution in [3.05, 3.63) is 53.6 Å². The molecule has 0 aromatic heterocycles. The van der Waals surface area contributed by atoms with E-state index in [-0.39, 0.29) is 6.42 Å². The van der Waals surface area contributed by atoms with Crippen LogP contribution in [0.25, 0.3) is 0 Å². The molecule has 3 nitrogen and oxygen atoms in total. The minimum absolute atomic E-state index is 0.203. The van der Waals surface area contributed by atoms with E-state index >= 15 is 0 Å². The van der Waals surface area contributed by atoms with E-state index in [9.17, 15) is 4.79 Å². The maximum absolute atomic E-state index is 10.5. The fourth-order valence-corrected chi connectivity index (χ4v) is 2.95. The van der Waals surface area contributed by atoms with Gasteiger partial charge in [-0.05, 0) is 55.0 Å². The minimum Gasteiger partial charge on any atom is -0.481 e. The molecule has 0 radical (unpaired) electrons. The molecule has 0 aliphatic heterocycles. The van der Waals surface area contributed by atoms with Crippen LogP contribution in [0, 0.1) is 0 Å². The summed E-state index contributed by atoms with van der Waals surface area (Å²) in [6, 6.07) is 16.0. The highest BCUT2D eigenvalue weighted by molar-refractivity contribution is 7.99. The summed E-state index contributed by atoms with van der Waals surface area (Å²) in [6.45, 7) is 0.732. The molecule has 0 aliphatic carbocycles. The molecule has 5 heteroatoms. The normalized spacial score (nSPS) is 10.5. The van der Waals surface area contributed by atoms with Gasteiger partial charge in [0.2, 0.25) is 0 Å². The average molecular weight is 336 g/mol. The van der Waals surface area contributed by atoms with Crippen molar-refractivity contribution in [1.29, 1.82) is 0 Å². The number of rotatable bonds is 7. The highest BCUT2D eigenvalue weighted by atomic mass is 35.5. The smallest absolute Gasteiger partial charge is 0.303 e. The SMILES string of the molecule is CN(CCCC(=O)O)c1ccc(Sc2ccc(Cl)cc2)cc1. The van der Waals surface area contributed by atoms with E-state index in [0.29, 0.717) is 6.42 Å². The van der Waals surface area contributed by atoms with E-state index in [4.69, 9.17) is 16.7 Å². The number of halogens is 1. The van der Waals surface area contributed by atoms with Crippen LogP contribution in [0.15, 0.2) is 58.3 Å². The first-order valence-corrected chi connectivity index (χ1v) is 8.20. The van der Waals surface area contributed by atoms with Crippen molar-refractivity contribution in [2.75, 3.05) is 18.5 Å². The number of hydrogen-bond acceptors (Lipinski definition) is 3. The third-order valence-electron chi connectivity index (χ3n) is 3.21. The fraction of sp³-hybridized carbons (Fsp3) is 0.235. The van der Waals surface area contributed by atoms with Crippen LogP contribution in [0.4, 0.5) is 5.69 Å². The zero-order valence-corrected chi connectivity index (χ0v) is 13.9. The lowest BCUT2D eigenvalue weighted by Gasteiger charge is -2.19. The Morgan fingerprint density at radius 2 is 1.64 bits per heavy atom. The molecule has 0 bridgehead atoms. The largest absolute Gasteiger partial charge is 0.481 e. The van der Waals surface area contributed by atoms with Gasteiger partial charge in [-0.1, -0.05) is 23.4 Å². The van der Waals surface area contributed by atoms with Crippen LogP contribution in [-0.4, -0.2) is 24.7 Å². The van der Waals surface area contributed by atoms with Crippen molar-refractivity contribution >= 4 is 35.0 Å². The molecule has 22 heavy (non-hydrogen) atoms. The summed E-state index contributed by atoms with van der Waals surface area (Å²) >= 11 is 7.56. The topological polar surface area (TPSA) is 40.5 Å². The van der Waals surface area contributed by atoms with Crippen LogP contribution >= 0.6 is 23.4 Å². The summed E-state index contributed by atoms with van der Waals surface area (Å²) in [5.41, 5.74) is 1.09. The summed E-state index contributed by atoms with van der Waals surface area (Å²) in [5.74, 6) is -0.747. The van der Waals surface area contributed by atoms with Gasteiger partial charge in [-0.3, -0.25) is 4.79 Å². The molecular weight excluding hydrogens is 318 g/mol. The monoisotopic (exact) mass is 335 g/mol. The molecule has 0 aliphatic rings. The number of anilines is 1. The molecule has 2 aromatic carbocycles. The molecule has 0 saturated heterocycles. The number of aliphatic carboxylic acids is 1. The fourth-order valence-electron chi connectivity index (χ4n) is 2.00. The summed E-state index contributed by atoms with van der Waals surface area (Å²) in [7, 11) is 1.98. The molecule has 0 spiro atoms. The summed E-state index contributed by atoms with van der Waals surface area (Å²) in [6.07, 6.45) is 0.849. The van der Waals surface area contributed by atoms with Crippen LogP contribution in [-0.2, 0) is 4.79 Å². The van der Waals surface area contributed by atoms with E-state index in [1.54, 1.807) is 11.8 Å². The van der Waals surface area contributed by atoms with E-state index in [2.05, 4.69) is 29.2 Å².